The number of nitrogens with one attached hydrogen (secondary N) is 1. The van der Waals surface area contributed by atoms with Crippen molar-refractivity contribution in [1.29, 1.82) is 0 Å². The van der Waals surface area contributed by atoms with Crippen LogP contribution in [0.4, 0.5) is 4.39 Å². The Labute approximate surface area is 158 Å². The van der Waals surface area contributed by atoms with Crippen LogP contribution in [0.25, 0.3) is 10.2 Å². The van der Waals surface area contributed by atoms with Crippen LogP contribution in [0.1, 0.15) is 29.9 Å². The van der Waals surface area contributed by atoms with E-state index in [0.717, 1.165) is 20.3 Å². The Morgan fingerprint density at radius 3 is 2.72 bits per heavy atom. The first-order valence-electron chi connectivity index (χ1n) is 7.88. The van der Waals surface area contributed by atoms with E-state index < -0.39 is 0 Å². The fraction of sp³-hybridized carbons (Fsp3) is 0.211. The van der Waals surface area contributed by atoms with Crippen LogP contribution in [0.5, 0.6) is 0 Å². The number of hydrogen-bond acceptors (Lipinski definition) is 2. The number of hydrogen-bond donors (Lipinski definition) is 1. The van der Waals surface area contributed by atoms with Gasteiger partial charge in [0.05, 0.1) is 14.7 Å². The molecule has 0 fully saturated rings. The van der Waals surface area contributed by atoms with Crippen molar-refractivity contribution in [3.8, 4) is 0 Å². The Kier molecular flexibility index (Phi) is 5.39. The maximum absolute atomic E-state index is 13.0. The van der Waals surface area contributed by atoms with Gasteiger partial charge in [-0.05, 0) is 53.5 Å². The van der Waals surface area contributed by atoms with Gasteiger partial charge in [0.2, 0.25) is 0 Å². The van der Waals surface area contributed by atoms with Crippen LogP contribution in [0.3, 0.4) is 0 Å². The highest BCUT2D eigenvalue weighted by Gasteiger charge is 2.18. The van der Waals surface area contributed by atoms with E-state index in [4.69, 9.17) is 0 Å². The summed E-state index contributed by atoms with van der Waals surface area (Å²) in [6.45, 7) is 5.08. The number of carbonyl (C=O) groups is 1. The Morgan fingerprint density at radius 2 is 2.04 bits per heavy atom. The largest absolute Gasteiger partial charge is 0.347 e. The minimum absolute atomic E-state index is 0.137. The third-order valence-corrected chi connectivity index (χ3v) is 5.68. The predicted octanol–water partition coefficient (Wildman–Crippen LogP) is 5.50. The minimum atomic E-state index is -0.282. The van der Waals surface area contributed by atoms with Crippen molar-refractivity contribution in [1.82, 2.24) is 9.88 Å². The smallest absolute Gasteiger partial charge is 0.268 e. The first-order valence-corrected chi connectivity index (χ1v) is 9.55. The molecule has 0 saturated carbocycles. The highest BCUT2D eigenvalue weighted by atomic mass is 79.9. The first kappa shape index (κ1) is 17.9. The summed E-state index contributed by atoms with van der Waals surface area (Å²) in [7, 11) is 0. The van der Waals surface area contributed by atoms with E-state index in [2.05, 4.69) is 27.3 Å². The molecule has 3 aromatic rings. The van der Waals surface area contributed by atoms with Gasteiger partial charge in [0, 0.05) is 18.5 Å². The van der Waals surface area contributed by atoms with Crippen LogP contribution < -0.4 is 5.32 Å². The number of allylic oxidation sites excluding steroid dienone is 2. The topological polar surface area (TPSA) is 34.0 Å². The summed E-state index contributed by atoms with van der Waals surface area (Å²) in [5.41, 5.74) is 3.72. The summed E-state index contributed by atoms with van der Waals surface area (Å²) < 4.78 is 17.1. The number of halogens is 2. The van der Waals surface area contributed by atoms with E-state index in [-0.39, 0.29) is 11.7 Å². The zero-order valence-electron chi connectivity index (χ0n) is 14.0. The summed E-state index contributed by atoms with van der Waals surface area (Å²) in [5.74, 6) is -0.419. The molecule has 1 aromatic carbocycles. The molecule has 0 radical (unpaired) electrons. The molecule has 0 bridgehead atoms. The summed E-state index contributed by atoms with van der Waals surface area (Å²) in [6.07, 6.45) is 2.10. The number of amides is 1. The van der Waals surface area contributed by atoms with E-state index in [1.54, 1.807) is 23.5 Å². The van der Waals surface area contributed by atoms with Crippen LogP contribution in [-0.4, -0.2) is 10.5 Å². The van der Waals surface area contributed by atoms with E-state index in [0.29, 0.717) is 18.8 Å². The normalized spacial score (nSPS) is 10.9. The number of rotatable bonds is 5. The standard InChI is InChI=1S/C19H18BrFN2OS/c1-12(2)7-8-23-16(9-17-18(23)15(20)11-25-17)19(24)22-10-13-3-5-14(21)6-4-13/h3-7,9,11H,8,10H2,1-2H3,(H,22,24). The molecule has 0 unspecified atom stereocenters. The summed E-state index contributed by atoms with van der Waals surface area (Å²) in [5, 5.41) is 4.95. The van der Waals surface area contributed by atoms with Crippen molar-refractivity contribution in [3.05, 3.63) is 68.9 Å². The zero-order valence-corrected chi connectivity index (χ0v) is 16.4. The van der Waals surface area contributed by atoms with Gasteiger partial charge in [-0.1, -0.05) is 23.8 Å². The molecule has 0 aliphatic heterocycles. The van der Waals surface area contributed by atoms with Crippen molar-refractivity contribution in [3.63, 3.8) is 0 Å². The van der Waals surface area contributed by atoms with Crippen molar-refractivity contribution in [2.45, 2.75) is 26.9 Å². The lowest BCUT2D eigenvalue weighted by molar-refractivity contribution is 0.0942. The molecule has 0 spiro atoms. The van der Waals surface area contributed by atoms with Gasteiger partial charge in [-0.25, -0.2) is 4.39 Å². The maximum Gasteiger partial charge on any atom is 0.268 e. The van der Waals surface area contributed by atoms with Gasteiger partial charge in [0.15, 0.2) is 0 Å². The second-order valence-electron chi connectivity index (χ2n) is 6.03. The molecule has 0 atom stereocenters. The second-order valence-corrected chi connectivity index (χ2v) is 7.79. The molecule has 0 aliphatic carbocycles. The summed E-state index contributed by atoms with van der Waals surface area (Å²) >= 11 is 5.18. The number of nitrogens with zero attached hydrogens (tertiary/aromatic N) is 1. The molecule has 1 amide bonds. The highest BCUT2D eigenvalue weighted by molar-refractivity contribution is 9.10. The summed E-state index contributed by atoms with van der Waals surface area (Å²) in [6, 6.07) is 8.06. The van der Waals surface area contributed by atoms with Gasteiger partial charge in [-0.15, -0.1) is 11.3 Å². The zero-order chi connectivity index (χ0) is 18.0. The third-order valence-electron chi connectivity index (χ3n) is 3.86. The van der Waals surface area contributed by atoms with Crippen molar-refractivity contribution < 1.29 is 9.18 Å². The van der Waals surface area contributed by atoms with Gasteiger partial charge in [0.25, 0.3) is 5.91 Å². The molecule has 2 heterocycles. The Morgan fingerprint density at radius 1 is 1.32 bits per heavy atom. The molecule has 3 rings (SSSR count). The van der Waals surface area contributed by atoms with Gasteiger partial charge in [0.1, 0.15) is 11.5 Å². The number of thiophene rings is 1. The third kappa shape index (κ3) is 4.02. The average Bonchev–Trinajstić information content (AvgIpc) is 3.12. The van der Waals surface area contributed by atoms with E-state index in [1.165, 1.54) is 17.7 Å². The lowest BCUT2D eigenvalue weighted by Gasteiger charge is -2.10. The predicted molar refractivity (Wildman–Crippen MR) is 105 cm³/mol. The fourth-order valence-electron chi connectivity index (χ4n) is 2.56. The molecule has 3 nitrogen and oxygen atoms in total. The Hall–Kier alpha value is -1.92. The van der Waals surface area contributed by atoms with Gasteiger partial charge in [-0.2, -0.15) is 0 Å². The van der Waals surface area contributed by atoms with Gasteiger partial charge < -0.3 is 9.88 Å². The monoisotopic (exact) mass is 420 g/mol. The molecule has 130 valence electrons. The van der Waals surface area contributed by atoms with Crippen molar-refractivity contribution >= 4 is 43.4 Å². The average molecular weight is 421 g/mol. The number of carbonyl (C=O) groups excluding carboxylic acids is 1. The van der Waals surface area contributed by atoms with E-state index in [1.807, 2.05) is 29.9 Å². The summed E-state index contributed by atoms with van der Waals surface area (Å²) in [4.78, 5) is 12.7. The van der Waals surface area contributed by atoms with Crippen LogP contribution in [-0.2, 0) is 13.1 Å². The van der Waals surface area contributed by atoms with Crippen LogP contribution in [0.15, 0.2) is 51.8 Å². The molecular weight excluding hydrogens is 403 g/mol. The number of aromatic nitrogens is 1. The minimum Gasteiger partial charge on any atom is -0.347 e. The van der Waals surface area contributed by atoms with Crippen molar-refractivity contribution in [2.24, 2.45) is 0 Å². The van der Waals surface area contributed by atoms with Gasteiger partial charge in [-0.3, -0.25) is 4.79 Å². The SMILES string of the molecule is CC(C)=CCn1c(C(=O)NCc2ccc(F)cc2)cc2scc(Br)c21. The maximum atomic E-state index is 13.0. The van der Waals surface area contributed by atoms with E-state index in [9.17, 15) is 9.18 Å². The number of benzene rings is 1. The lowest BCUT2D eigenvalue weighted by Crippen LogP contribution is -2.25. The van der Waals surface area contributed by atoms with Crippen LogP contribution in [0, 0.1) is 5.82 Å². The first-order chi connectivity index (χ1) is 12.0. The Balaban J connectivity index is 1.86. The molecule has 0 aliphatic rings. The fourth-order valence-corrected chi connectivity index (χ4v) is 4.25. The van der Waals surface area contributed by atoms with Crippen LogP contribution in [0.2, 0.25) is 0 Å². The van der Waals surface area contributed by atoms with Gasteiger partial charge >= 0.3 is 0 Å². The quantitative estimate of drug-likeness (QED) is 0.543. The number of fused-ring (bicyclic) bond motifs is 1. The molecular formula is C19H18BrFN2OS. The Bertz CT molecular complexity index is 936. The molecule has 1 N–H and O–H groups in total. The molecule has 0 saturated heterocycles. The molecule has 2 aromatic heterocycles. The lowest BCUT2D eigenvalue weighted by atomic mass is 10.2. The van der Waals surface area contributed by atoms with Crippen LogP contribution >= 0.6 is 27.3 Å². The highest BCUT2D eigenvalue weighted by Crippen LogP contribution is 2.33. The molecule has 25 heavy (non-hydrogen) atoms. The molecule has 6 heteroatoms. The van der Waals surface area contributed by atoms with E-state index >= 15 is 0 Å². The van der Waals surface area contributed by atoms with Crippen molar-refractivity contribution in [2.75, 3.05) is 0 Å². The second kappa shape index (κ2) is 7.54.